The summed E-state index contributed by atoms with van der Waals surface area (Å²) in [7, 11) is 19.7. The third kappa shape index (κ3) is 20.3. The van der Waals surface area contributed by atoms with Gasteiger partial charge in [0, 0.05) is 39.3 Å². The van der Waals surface area contributed by atoms with Gasteiger partial charge in [-0.15, -0.1) is 0 Å². The number of piperidine rings is 2. The van der Waals surface area contributed by atoms with Crippen LogP contribution in [-0.4, -0.2) is 193 Å². The molecule has 2 fully saturated rings. The number of methoxy groups -OCH3 is 10. The van der Waals surface area contributed by atoms with E-state index in [1.807, 2.05) is 98.8 Å². The van der Waals surface area contributed by atoms with Gasteiger partial charge in [0.15, 0.2) is 46.0 Å². The molecular formula is C80H106N4O18S. The summed E-state index contributed by atoms with van der Waals surface area (Å²) >= 11 is 5.09. The van der Waals surface area contributed by atoms with Gasteiger partial charge < -0.3 is 85.9 Å². The molecule has 23 heteroatoms. The molecule has 560 valence electrons. The molecule has 8 rings (SSSR count). The van der Waals surface area contributed by atoms with Crippen molar-refractivity contribution in [1.82, 2.24) is 19.6 Å². The number of nitrogens with zero attached hydrogens (tertiary/aromatic N) is 4. The zero-order valence-corrected chi connectivity index (χ0v) is 63.4. The molecule has 22 nitrogen and oxygen atoms in total. The Morgan fingerprint density at radius 2 is 0.893 bits per heavy atom. The summed E-state index contributed by atoms with van der Waals surface area (Å²) in [5.41, 5.74) is 4.69. The van der Waals surface area contributed by atoms with Crippen molar-refractivity contribution in [3.63, 3.8) is 0 Å². The van der Waals surface area contributed by atoms with E-state index in [1.165, 1.54) is 28.4 Å². The Kier molecular flexibility index (Phi) is 30.3. The largest absolute Gasteiger partial charge is 0.493 e. The van der Waals surface area contributed by atoms with E-state index in [1.54, 1.807) is 76.7 Å². The van der Waals surface area contributed by atoms with E-state index in [-0.39, 0.29) is 11.8 Å². The Morgan fingerprint density at radius 3 is 1.30 bits per heavy atom. The Balaban J connectivity index is 0.890. The van der Waals surface area contributed by atoms with Gasteiger partial charge in [-0.05, 0) is 197 Å². The number of likely N-dealkylation sites (N-methyl/N-ethyl adjacent to an activating group) is 2. The molecule has 0 radical (unpaired) electrons. The molecule has 6 atom stereocenters. The number of carbonyl (C=O) groups excluding carboxylic acids is 4. The van der Waals surface area contributed by atoms with Crippen molar-refractivity contribution in [3.8, 4) is 69.0 Å². The van der Waals surface area contributed by atoms with E-state index < -0.39 is 46.9 Å². The summed E-state index contributed by atoms with van der Waals surface area (Å²) in [5.74, 6) is 4.11. The molecule has 2 aliphatic heterocycles. The second kappa shape index (κ2) is 39.1. The lowest BCUT2D eigenvalue weighted by Crippen LogP contribution is -2.54. The number of esters is 2. The number of benzene rings is 6. The summed E-state index contributed by atoms with van der Waals surface area (Å²) in [4.78, 5) is 66.9. The molecule has 2 amide bonds. The van der Waals surface area contributed by atoms with Crippen LogP contribution in [0.4, 0.5) is 0 Å². The lowest BCUT2D eigenvalue weighted by atomic mass is 9.90. The van der Waals surface area contributed by atoms with Gasteiger partial charge in [0.1, 0.15) is 53.8 Å². The zero-order chi connectivity index (χ0) is 74.2. The van der Waals surface area contributed by atoms with Gasteiger partial charge in [-0.25, -0.2) is 9.59 Å². The van der Waals surface area contributed by atoms with Gasteiger partial charge in [0.25, 0.3) is 0 Å². The van der Waals surface area contributed by atoms with Gasteiger partial charge >= 0.3 is 11.9 Å². The maximum Gasteiger partial charge on any atom is 0.329 e. The molecule has 0 spiro atoms. The Bertz CT molecular complexity index is 3710. The minimum atomic E-state index is -1.35. The first-order chi connectivity index (χ1) is 49.9. The second-order valence-electron chi connectivity index (χ2n) is 25.9. The SMILES string of the molecule is CC[C@H](C(=O)N1CCCC[C@H]1C(=O)O[C@H](CCc1ccc(OC)c(OC)c1)c1cccc(OCCN(C)CCN(C)CCOc2cccc([C@@H](CCc3ccc(OC)c(OC)c3)OC(=O)[C@@H]3CCCCN3C(=O)C(S)(CC)c3cc(OC)c(OC)c(OC)c3)c2)c1)c1cc(OC)c(OC)c(OC)c1. The highest BCUT2D eigenvalue weighted by Gasteiger charge is 2.45. The van der Waals surface area contributed by atoms with E-state index in [2.05, 4.69) is 23.9 Å². The topological polar surface area (TPSA) is 210 Å². The number of likely N-dealkylation sites (tertiary alicyclic amines) is 2. The van der Waals surface area contributed by atoms with Crippen LogP contribution in [0.2, 0.25) is 0 Å². The van der Waals surface area contributed by atoms with Crippen LogP contribution in [0.15, 0.2) is 109 Å². The van der Waals surface area contributed by atoms with Gasteiger partial charge in [0.05, 0.1) is 77.0 Å². The van der Waals surface area contributed by atoms with Crippen molar-refractivity contribution < 1.29 is 85.5 Å². The van der Waals surface area contributed by atoms with E-state index in [0.29, 0.717) is 177 Å². The lowest BCUT2D eigenvalue weighted by molar-refractivity contribution is -0.163. The number of carbonyl (C=O) groups is 4. The molecule has 0 N–H and O–H groups in total. The normalized spacial score (nSPS) is 15.9. The van der Waals surface area contributed by atoms with Crippen LogP contribution in [0.1, 0.15) is 130 Å². The van der Waals surface area contributed by atoms with Crippen LogP contribution in [0.25, 0.3) is 0 Å². The molecule has 6 aromatic rings. The average Bonchev–Trinajstić information content (AvgIpc) is 0.773. The molecule has 0 aliphatic carbocycles. The standard InChI is InChI=1S/C80H106N4O18S/c1-15-61(57-49-70(93-9)74(97-13)71(50-57)94-10)76(85)83-37-19-17-27-62(83)77(86)101-64(33-29-53-31-35-66(89-5)68(45-53)91-7)55-23-21-25-59(47-55)99-43-41-81(3)39-40-82(4)42-44-100-60-26-22-24-56(48-60)65(34-30-54-32-36-67(90-6)69(46-54)92-8)102-78(87)63-28-18-20-38-84(63)79(88)80(103,16-2)58-51-72(95-11)75(98-14)73(52-58)96-12/h21-26,31-32,35-36,45-52,61-65,103H,15-20,27-30,33-34,37-44H2,1-14H3/t61-,62-,63-,64+,65+,80?/m0/s1. The highest BCUT2D eigenvalue weighted by Crippen LogP contribution is 2.47. The van der Waals surface area contributed by atoms with Gasteiger partial charge in [-0.3, -0.25) is 9.59 Å². The molecule has 0 aromatic heterocycles. The van der Waals surface area contributed by atoms with Crippen molar-refractivity contribution in [2.75, 3.05) is 138 Å². The number of hydrogen-bond donors (Lipinski definition) is 1. The minimum Gasteiger partial charge on any atom is -0.493 e. The predicted molar refractivity (Wildman–Crippen MR) is 397 cm³/mol. The van der Waals surface area contributed by atoms with Crippen molar-refractivity contribution >= 4 is 36.4 Å². The fraction of sp³-hybridized carbons (Fsp3) is 0.500. The highest BCUT2D eigenvalue weighted by molar-refractivity contribution is 7.82. The molecule has 2 saturated heterocycles. The van der Waals surface area contributed by atoms with E-state index in [9.17, 15) is 19.2 Å². The van der Waals surface area contributed by atoms with Gasteiger partial charge in [-0.1, -0.05) is 50.2 Å². The molecule has 6 aromatic carbocycles. The van der Waals surface area contributed by atoms with Crippen molar-refractivity contribution in [3.05, 3.63) is 143 Å². The van der Waals surface area contributed by atoms with Crippen LogP contribution in [0, 0.1) is 0 Å². The average molecular weight is 1440 g/mol. The molecule has 0 bridgehead atoms. The van der Waals surface area contributed by atoms with Crippen LogP contribution < -0.4 is 56.8 Å². The van der Waals surface area contributed by atoms with Crippen LogP contribution >= 0.6 is 12.6 Å². The number of ether oxygens (including phenoxy) is 14. The van der Waals surface area contributed by atoms with Crippen molar-refractivity contribution in [2.45, 2.75) is 126 Å². The summed E-state index contributed by atoms with van der Waals surface area (Å²) in [6.07, 6.45) is 5.19. The molecule has 2 heterocycles. The van der Waals surface area contributed by atoms with E-state index in [0.717, 1.165) is 54.6 Å². The minimum absolute atomic E-state index is 0.168. The third-order valence-electron chi connectivity index (χ3n) is 19.5. The number of amides is 2. The van der Waals surface area contributed by atoms with Gasteiger partial charge in [-0.2, -0.15) is 12.6 Å². The molecule has 0 saturated carbocycles. The van der Waals surface area contributed by atoms with Gasteiger partial charge in [0.2, 0.25) is 23.3 Å². The van der Waals surface area contributed by atoms with E-state index in [4.69, 9.17) is 78.9 Å². The first-order valence-electron chi connectivity index (χ1n) is 35.5. The van der Waals surface area contributed by atoms with Crippen LogP contribution in [-0.2, 0) is 46.2 Å². The highest BCUT2D eigenvalue weighted by atomic mass is 32.1. The third-order valence-corrected chi connectivity index (χ3v) is 20.3. The fourth-order valence-corrected chi connectivity index (χ4v) is 13.7. The number of rotatable bonds is 39. The number of aryl methyl sites for hydroxylation is 2. The second-order valence-corrected chi connectivity index (χ2v) is 26.6. The maximum absolute atomic E-state index is 14.9. The van der Waals surface area contributed by atoms with E-state index >= 15 is 0 Å². The Morgan fingerprint density at radius 1 is 0.476 bits per heavy atom. The zero-order valence-electron chi connectivity index (χ0n) is 62.5. The van der Waals surface area contributed by atoms with Crippen LogP contribution in [0.5, 0.6) is 69.0 Å². The number of thiol groups is 1. The first-order valence-corrected chi connectivity index (χ1v) is 35.9. The van der Waals surface area contributed by atoms with Crippen molar-refractivity contribution in [2.24, 2.45) is 0 Å². The molecular weight excluding hydrogens is 1340 g/mol. The van der Waals surface area contributed by atoms with Crippen LogP contribution in [0.3, 0.4) is 0 Å². The smallest absolute Gasteiger partial charge is 0.329 e. The Labute approximate surface area is 613 Å². The molecule has 2 aliphatic rings. The molecule has 1 unspecified atom stereocenters. The summed E-state index contributed by atoms with van der Waals surface area (Å²) in [5, 5.41) is 0. The first kappa shape index (κ1) is 79.8. The molecule has 103 heavy (non-hydrogen) atoms. The van der Waals surface area contributed by atoms with Crippen molar-refractivity contribution in [1.29, 1.82) is 0 Å². The summed E-state index contributed by atoms with van der Waals surface area (Å²) < 4.78 is 80.7. The monoisotopic (exact) mass is 1440 g/mol. The predicted octanol–water partition coefficient (Wildman–Crippen LogP) is 12.7. The summed E-state index contributed by atoms with van der Waals surface area (Å²) in [6, 6.07) is 32.3. The lowest BCUT2D eigenvalue weighted by Gasteiger charge is -2.40. The fourth-order valence-electron chi connectivity index (χ4n) is 13.5. The summed E-state index contributed by atoms with van der Waals surface area (Å²) in [6.45, 7) is 8.16. The maximum atomic E-state index is 14.9. The quantitative estimate of drug-likeness (QED) is 0.0281. The number of hydrogen-bond acceptors (Lipinski definition) is 21. The Hall–Kier alpha value is -8.93.